The fraction of sp³-hybridized carbons (Fsp3) is 0.583. The van der Waals surface area contributed by atoms with Gasteiger partial charge in [-0.2, -0.15) is 4.98 Å². The molecule has 1 aromatic rings. The lowest BCUT2D eigenvalue weighted by Gasteiger charge is -2.40. The summed E-state index contributed by atoms with van der Waals surface area (Å²) in [4.78, 5) is 21.4. The highest BCUT2D eigenvalue weighted by Crippen LogP contribution is 2.41. The first-order valence-corrected chi connectivity index (χ1v) is 7.57. The SMILES string of the molecule is COC(=O)C1(Nc2nc(Cl)nc3c2SCC3)CCC1. The number of ether oxygens (including phenoxy) is 1. The minimum absolute atomic E-state index is 0.225. The molecule has 1 aliphatic carbocycles. The average molecular weight is 300 g/mol. The van der Waals surface area contributed by atoms with E-state index >= 15 is 0 Å². The number of nitrogens with zero attached hydrogens (tertiary/aromatic N) is 2. The van der Waals surface area contributed by atoms with Crippen LogP contribution in [0.15, 0.2) is 4.90 Å². The van der Waals surface area contributed by atoms with E-state index < -0.39 is 5.54 Å². The van der Waals surface area contributed by atoms with E-state index in [0.29, 0.717) is 5.82 Å². The number of fused-ring (bicyclic) bond motifs is 1. The molecule has 1 saturated carbocycles. The zero-order chi connectivity index (χ0) is 13.5. The summed E-state index contributed by atoms with van der Waals surface area (Å²) in [6.45, 7) is 0. The molecule has 3 rings (SSSR count). The van der Waals surface area contributed by atoms with Crippen molar-refractivity contribution < 1.29 is 9.53 Å². The van der Waals surface area contributed by atoms with Crippen LogP contribution in [0.25, 0.3) is 0 Å². The Kier molecular flexibility index (Phi) is 3.30. The van der Waals surface area contributed by atoms with Crippen molar-refractivity contribution in [2.24, 2.45) is 0 Å². The predicted molar refractivity (Wildman–Crippen MR) is 73.7 cm³/mol. The molecular weight excluding hydrogens is 286 g/mol. The molecule has 0 radical (unpaired) electrons. The fourth-order valence-electron chi connectivity index (χ4n) is 2.45. The third kappa shape index (κ3) is 2.17. The van der Waals surface area contributed by atoms with Crippen molar-refractivity contribution in [1.29, 1.82) is 0 Å². The van der Waals surface area contributed by atoms with Gasteiger partial charge >= 0.3 is 5.97 Å². The number of anilines is 1. The van der Waals surface area contributed by atoms with Gasteiger partial charge in [0.05, 0.1) is 17.7 Å². The molecule has 0 amide bonds. The second kappa shape index (κ2) is 4.83. The van der Waals surface area contributed by atoms with E-state index in [1.165, 1.54) is 7.11 Å². The first-order chi connectivity index (χ1) is 9.14. The van der Waals surface area contributed by atoms with Crippen LogP contribution in [0.2, 0.25) is 5.28 Å². The van der Waals surface area contributed by atoms with E-state index in [4.69, 9.17) is 16.3 Å². The summed E-state index contributed by atoms with van der Waals surface area (Å²) in [6, 6.07) is 0. The smallest absolute Gasteiger partial charge is 0.331 e. The van der Waals surface area contributed by atoms with Crippen LogP contribution < -0.4 is 5.32 Å². The summed E-state index contributed by atoms with van der Waals surface area (Å²) in [7, 11) is 1.41. The number of aromatic nitrogens is 2. The monoisotopic (exact) mass is 299 g/mol. The lowest BCUT2D eigenvalue weighted by Crippen LogP contribution is -2.53. The molecule has 2 aliphatic rings. The van der Waals surface area contributed by atoms with E-state index in [2.05, 4.69) is 15.3 Å². The van der Waals surface area contributed by atoms with E-state index in [-0.39, 0.29) is 11.3 Å². The minimum atomic E-state index is -0.636. The molecule has 19 heavy (non-hydrogen) atoms. The number of thioether (sulfide) groups is 1. The maximum Gasteiger partial charge on any atom is 0.331 e. The van der Waals surface area contributed by atoms with Gasteiger partial charge in [-0.25, -0.2) is 9.78 Å². The third-order valence-corrected chi connectivity index (χ3v) is 4.93. The third-order valence-electron chi connectivity index (χ3n) is 3.63. The number of esters is 1. The number of rotatable bonds is 3. The number of hydrogen-bond donors (Lipinski definition) is 1. The second-order valence-electron chi connectivity index (χ2n) is 4.77. The molecule has 5 nitrogen and oxygen atoms in total. The first-order valence-electron chi connectivity index (χ1n) is 6.20. The normalized spacial score (nSPS) is 19.5. The van der Waals surface area contributed by atoms with Crippen LogP contribution in [0.4, 0.5) is 5.82 Å². The van der Waals surface area contributed by atoms with Crippen molar-refractivity contribution in [3.05, 3.63) is 11.0 Å². The molecule has 0 saturated heterocycles. The van der Waals surface area contributed by atoms with Gasteiger partial charge in [0.15, 0.2) is 0 Å². The highest BCUT2D eigenvalue weighted by molar-refractivity contribution is 7.99. The Hall–Kier alpha value is -1.01. The molecule has 1 aliphatic heterocycles. The quantitative estimate of drug-likeness (QED) is 0.682. The maximum atomic E-state index is 11.9. The standard InChI is InChI=1S/C12H14ClN3O2S/c1-18-10(17)12(4-2-5-12)16-9-8-7(3-6-19-8)14-11(13)15-9/h2-6H2,1H3,(H,14,15,16). The number of carbonyl (C=O) groups excluding carboxylic acids is 1. The molecule has 1 N–H and O–H groups in total. The number of nitrogens with one attached hydrogen (secondary N) is 1. The zero-order valence-electron chi connectivity index (χ0n) is 10.5. The Bertz CT molecular complexity index is 534. The molecular formula is C12H14ClN3O2S. The van der Waals surface area contributed by atoms with E-state index in [0.717, 1.165) is 42.0 Å². The topological polar surface area (TPSA) is 64.1 Å². The molecule has 0 aromatic carbocycles. The van der Waals surface area contributed by atoms with Crippen LogP contribution in [-0.2, 0) is 16.0 Å². The van der Waals surface area contributed by atoms with Gasteiger partial charge in [0.2, 0.25) is 5.28 Å². The second-order valence-corrected chi connectivity index (χ2v) is 6.21. The maximum absolute atomic E-state index is 11.9. The van der Waals surface area contributed by atoms with Crippen LogP contribution in [-0.4, -0.2) is 34.3 Å². The first kappa shape index (κ1) is 13.0. The molecule has 1 aromatic heterocycles. The molecule has 102 valence electrons. The van der Waals surface area contributed by atoms with Crippen LogP contribution in [0.5, 0.6) is 0 Å². The van der Waals surface area contributed by atoms with Crippen LogP contribution in [0, 0.1) is 0 Å². The molecule has 0 unspecified atom stereocenters. The molecule has 0 spiro atoms. The highest BCUT2D eigenvalue weighted by atomic mass is 35.5. The molecule has 1 fully saturated rings. The van der Waals surface area contributed by atoms with Crippen molar-refractivity contribution in [3.63, 3.8) is 0 Å². The molecule has 0 atom stereocenters. The number of carbonyl (C=O) groups is 1. The van der Waals surface area contributed by atoms with Crippen molar-refractivity contribution >= 4 is 35.1 Å². The van der Waals surface area contributed by atoms with Crippen molar-refractivity contribution in [2.75, 3.05) is 18.2 Å². The summed E-state index contributed by atoms with van der Waals surface area (Å²) in [5, 5.41) is 3.48. The zero-order valence-corrected chi connectivity index (χ0v) is 12.1. The fourth-order valence-corrected chi connectivity index (χ4v) is 3.69. The number of aryl methyl sites for hydroxylation is 1. The van der Waals surface area contributed by atoms with E-state index in [1.54, 1.807) is 11.8 Å². The van der Waals surface area contributed by atoms with Gasteiger partial charge < -0.3 is 10.1 Å². The number of hydrogen-bond acceptors (Lipinski definition) is 6. The highest BCUT2D eigenvalue weighted by Gasteiger charge is 2.46. The average Bonchev–Trinajstić information content (AvgIpc) is 2.80. The molecule has 7 heteroatoms. The molecule has 0 bridgehead atoms. The van der Waals surface area contributed by atoms with Crippen LogP contribution >= 0.6 is 23.4 Å². The van der Waals surface area contributed by atoms with Gasteiger partial charge in [-0.1, -0.05) is 0 Å². The van der Waals surface area contributed by atoms with Gasteiger partial charge in [-0.15, -0.1) is 11.8 Å². The van der Waals surface area contributed by atoms with Gasteiger partial charge in [0, 0.05) is 12.2 Å². The Labute approximate surface area is 120 Å². The lowest BCUT2D eigenvalue weighted by atomic mass is 9.76. The largest absolute Gasteiger partial charge is 0.467 e. The van der Waals surface area contributed by atoms with E-state index in [1.807, 2.05) is 0 Å². The van der Waals surface area contributed by atoms with Crippen LogP contribution in [0.1, 0.15) is 25.0 Å². The summed E-state index contributed by atoms with van der Waals surface area (Å²) in [5.74, 6) is 1.41. The summed E-state index contributed by atoms with van der Waals surface area (Å²) < 4.78 is 4.89. The van der Waals surface area contributed by atoms with Gasteiger partial charge in [-0.05, 0) is 30.9 Å². The van der Waals surface area contributed by atoms with Crippen LogP contribution in [0.3, 0.4) is 0 Å². The summed E-state index contributed by atoms with van der Waals surface area (Å²) in [6.07, 6.45) is 3.43. The Morgan fingerprint density at radius 2 is 2.26 bits per heavy atom. The lowest BCUT2D eigenvalue weighted by molar-refractivity contribution is -0.149. The van der Waals surface area contributed by atoms with Crippen molar-refractivity contribution in [2.45, 2.75) is 36.1 Å². The van der Waals surface area contributed by atoms with Gasteiger partial charge in [0.25, 0.3) is 0 Å². The van der Waals surface area contributed by atoms with Crippen molar-refractivity contribution in [1.82, 2.24) is 9.97 Å². The summed E-state index contributed by atoms with van der Waals surface area (Å²) in [5.41, 5.74) is 0.329. The van der Waals surface area contributed by atoms with Gasteiger partial charge in [0.1, 0.15) is 11.4 Å². The Morgan fingerprint density at radius 3 is 2.89 bits per heavy atom. The Balaban J connectivity index is 1.93. The van der Waals surface area contributed by atoms with E-state index in [9.17, 15) is 4.79 Å². The van der Waals surface area contributed by atoms with Crippen molar-refractivity contribution in [3.8, 4) is 0 Å². The minimum Gasteiger partial charge on any atom is -0.467 e. The van der Waals surface area contributed by atoms with Gasteiger partial charge in [-0.3, -0.25) is 0 Å². The Morgan fingerprint density at radius 1 is 1.47 bits per heavy atom. The predicted octanol–water partition coefficient (Wildman–Crippen LogP) is 2.29. The molecule has 2 heterocycles. The summed E-state index contributed by atoms with van der Waals surface area (Å²) >= 11 is 7.64. The number of halogens is 1. The number of methoxy groups -OCH3 is 1.